The summed E-state index contributed by atoms with van der Waals surface area (Å²) in [5, 5.41) is 0. The van der Waals surface area contributed by atoms with Crippen LogP contribution in [-0.2, 0) is 13.6 Å². The monoisotopic (exact) mass is 437 g/mol. The number of unbranched alkanes of at least 4 members (excludes halogenated alkanes) is 13. The lowest BCUT2D eigenvalue weighted by molar-refractivity contribution is -0.645. The second-order valence-corrected chi connectivity index (χ2v) is 8.00. The van der Waals surface area contributed by atoms with Crippen LogP contribution in [0.3, 0.4) is 0 Å². The normalized spacial score (nSPS) is 11.0. The number of aryl methyl sites for hydroxylation is 2. The van der Waals surface area contributed by atoms with Crippen LogP contribution >= 0.6 is 17.0 Å². The van der Waals surface area contributed by atoms with Gasteiger partial charge in [0.2, 0.25) is 6.33 Å². The number of aromatic nitrogens is 2. The maximum atomic E-state index is 2.41. The lowest BCUT2D eigenvalue weighted by Gasteiger charge is -2.03. The van der Waals surface area contributed by atoms with Crippen LogP contribution in [0.15, 0.2) is 30.6 Å². The lowest BCUT2D eigenvalue weighted by atomic mass is 10.0. The predicted molar refractivity (Wildman–Crippen MR) is 124 cm³/mol. The van der Waals surface area contributed by atoms with Crippen LogP contribution in [0, 0.1) is 0 Å². The average Bonchev–Trinajstić information content (AvgIpc) is 2.98. The summed E-state index contributed by atoms with van der Waals surface area (Å²) in [7, 11) is 2.14. The van der Waals surface area contributed by atoms with Crippen molar-refractivity contribution in [3.8, 4) is 0 Å². The zero-order chi connectivity index (χ0) is 18.5. The molecule has 0 saturated carbocycles. The van der Waals surface area contributed by atoms with E-state index in [4.69, 9.17) is 0 Å². The van der Waals surface area contributed by atoms with E-state index in [1.807, 2.05) is 0 Å². The molecule has 0 bridgehead atoms. The van der Waals surface area contributed by atoms with Gasteiger partial charge in [0, 0.05) is 0 Å². The third kappa shape index (κ3) is 9.27. The molecule has 1 aromatic carbocycles. The van der Waals surface area contributed by atoms with E-state index in [-0.39, 0.29) is 17.0 Å². The van der Waals surface area contributed by atoms with E-state index in [0.29, 0.717) is 0 Å². The molecule has 0 fully saturated rings. The van der Waals surface area contributed by atoms with Gasteiger partial charge in [-0.1, -0.05) is 96.1 Å². The van der Waals surface area contributed by atoms with Crippen LogP contribution in [0.25, 0.3) is 11.0 Å². The van der Waals surface area contributed by atoms with Crippen molar-refractivity contribution < 1.29 is 4.57 Å². The van der Waals surface area contributed by atoms with Gasteiger partial charge >= 0.3 is 0 Å². The molecule has 1 aromatic heterocycles. The van der Waals surface area contributed by atoms with Crippen LogP contribution in [0.5, 0.6) is 0 Å². The summed E-state index contributed by atoms with van der Waals surface area (Å²) in [6.07, 6.45) is 22.2. The summed E-state index contributed by atoms with van der Waals surface area (Å²) in [4.78, 5) is 0. The van der Waals surface area contributed by atoms with Crippen molar-refractivity contribution >= 4 is 28.0 Å². The lowest BCUT2D eigenvalue weighted by Crippen LogP contribution is -2.25. The van der Waals surface area contributed by atoms with E-state index in [1.54, 1.807) is 0 Å². The number of hydrogen-bond donors (Lipinski definition) is 0. The van der Waals surface area contributed by atoms with Crippen molar-refractivity contribution in [2.45, 2.75) is 103 Å². The number of fused-ring (bicyclic) bond motifs is 1. The summed E-state index contributed by atoms with van der Waals surface area (Å²) in [5.74, 6) is 0. The minimum atomic E-state index is 0. The fourth-order valence-electron chi connectivity index (χ4n) is 3.99. The quantitative estimate of drug-likeness (QED) is 0.201. The van der Waals surface area contributed by atoms with E-state index in [9.17, 15) is 0 Å². The fourth-order valence-corrected chi connectivity index (χ4v) is 3.99. The van der Waals surface area contributed by atoms with Gasteiger partial charge in [-0.3, -0.25) is 0 Å². The molecule has 1 heterocycles. The first-order chi connectivity index (χ1) is 12.8. The number of hydrogen-bond acceptors (Lipinski definition) is 0. The molecule has 0 aliphatic rings. The molecule has 2 rings (SSSR count). The Hall–Kier alpha value is -0.830. The average molecular weight is 439 g/mol. The third-order valence-corrected chi connectivity index (χ3v) is 5.64. The van der Waals surface area contributed by atoms with Crippen LogP contribution in [0.2, 0.25) is 0 Å². The molecule has 2 aromatic rings. The second kappa shape index (κ2) is 15.1. The van der Waals surface area contributed by atoms with Crippen molar-refractivity contribution in [3.63, 3.8) is 0 Å². The second-order valence-electron chi connectivity index (χ2n) is 8.00. The van der Waals surface area contributed by atoms with Gasteiger partial charge in [0.1, 0.15) is 0 Å². The Morgan fingerprint density at radius 1 is 0.704 bits per heavy atom. The molecule has 0 unspecified atom stereocenters. The molecular weight excluding hydrogens is 396 g/mol. The number of rotatable bonds is 15. The molecule has 0 amide bonds. The van der Waals surface area contributed by atoms with Crippen LogP contribution in [0.4, 0.5) is 0 Å². The maximum absolute atomic E-state index is 2.41. The van der Waals surface area contributed by atoms with E-state index in [1.165, 1.54) is 101 Å². The molecule has 3 heteroatoms. The summed E-state index contributed by atoms with van der Waals surface area (Å²) in [6, 6.07) is 8.71. The molecule has 0 atom stereocenters. The first-order valence-corrected chi connectivity index (χ1v) is 11.3. The number of imidazole rings is 1. The number of nitrogens with zero attached hydrogens (tertiary/aromatic N) is 2. The predicted octanol–water partition coefficient (Wildman–Crippen LogP) is 7.53. The van der Waals surface area contributed by atoms with Gasteiger partial charge in [0.25, 0.3) is 0 Å². The Labute approximate surface area is 178 Å². The zero-order valence-corrected chi connectivity index (χ0v) is 19.5. The van der Waals surface area contributed by atoms with Gasteiger partial charge in [-0.25, -0.2) is 9.13 Å². The Bertz CT molecular complexity index is 605. The SMILES string of the molecule is Br.CCCCCCCCCCCCCCCCn1c[n+](C)c2ccccc21. The highest BCUT2D eigenvalue weighted by Gasteiger charge is 2.11. The molecule has 0 saturated heterocycles. The summed E-state index contributed by atoms with van der Waals surface area (Å²) in [6.45, 7) is 3.45. The first-order valence-electron chi connectivity index (χ1n) is 11.3. The number of halogens is 1. The highest BCUT2D eigenvalue weighted by Crippen LogP contribution is 2.14. The number of para-hydroxylation sites is 2. The Morgan fingerprint density at radius 2 is 1.19 bits per heavy atom. The largest absolute Gasteiger partial charge is 0.244 e. The highest BCUT2D eigenvalue weighted by atomic mass is 79.9. The smallest absolute Gasteiger partial charge is 0.233 e. The summed E-state index contributed by atoms with van der Waals surface area (Å²) >= 11 is 0. The topological polar surface area (TPSA) is 8.81 Å². The molecule has 27 heavy (non-hydrogen) atoms. The standard InChI is InChI=1S/C24H41N2.BrH/c1-3-4-5-6-7-8-9-10-11-12-13-14-15-18-21-26-22-25(2)23-19-16-17-20-24(23)26;/h16-17,19-20,22H,3-15,18,21H2,1-2H3;1H/q+1;. The summed E-state index contributed by atoms with van der Waals surface area (Å²) < 4.78 is 4.65. The van der Waals surface area contributed by atoms with Crippen LogP contribution in [-0.4, -0.2) is 4.57 Å². The van der Waals surface area contributed by atoms with Gasteiger partial charge in [-0.05, 0) is 25.0 Å². The van der Waals surface area contributed by atoms with Crippen molar-refractivity contribution in [1.29, 1.82) is 0 Å². The Kier molecular flexibility index (Phi) is 13.6. The number of benzene rings is 1. The molecular formula is C24H42BrN2+. The van der Waals surface area contributed by atoms with E-state index < -0.39 is 0 Å². The third-order valence-electron chi connectivity index (χ3n) is 5.64. The molecule has 0 N–H and O–H groups in total. The summed E-state index contributed by atoms with van der Waals surface area (Å²) in [5.41, 5.74) is 2.70. The van der Waals surface area contributed by atoms with Crippen LogP contribution in [0.1, 0.15) is 96.8 Å². The minimum Gasteiger partial charge on any atom is -0.233 e. The molecule has 0 spiro atoms. The molecule has 154 valence electrons. The molecule has 0 aliphatic heterocycles. The maximum Gasteiger partial charge on any atom is 0.244 e. The van der Waals surface area contributed by atoms with Gasteiger partial charge < -0.3 is 0 Å². The van der Waals surface area contributed by atoms with Crippen molar-refractivity contribution in [2.75, 3.05) is 0 Å². The van der Waals surface area contributed by atoms with Crippen molar-refractivity contribution in [3.05, 3.63) is 30.6 Å². The van der Waals surface area contributed by atoms with Gasteiger partial charge in [0.15, 0.2) is 11.0 Å². The van der Waals surface area contributed by atoms with Gasteiger partial charge in [-0.2, -0.15) is 0 Å². The zero-order valence-electron chi connectivity index (χ0n) is 17.8. The Balaban J connectivity index is 0.00000364. The van der Waals surface area contributed by atoms with Gasteiger partial charge in [-0.15, -0.1) is 17.0 Å². The van der Waals surface area contributed by atoms with Crippen molar-refractivity contribution in [1.82, 2.24) is 4.57 Å². The fraction of sp³-hybridized carbons (Fsp3) is 0.708. The van der Waals surface area contributed by atoms with Crippen molar-refractivity contribution in [2.24, 2.45) is 7.05 Å². The highest BCUT2D eigenvalue weighted by molar-refractivity contribution is 8.93. The Morgan fingerprint density at radius 3 is 1.74 bits per heavy atom. The van der Waals surface area contributed by atoms with E-state index >= 15 is 0 Å². The van der Waals surface area contributed by atoms with E-state index in [0.717, 1.165) is 6.54 Å². The molecule has 0 aliphatic carbocycles. The van der Waals surface area contributed by atoms with E-state index in [2.05, 4.69) is 53.7 Å². The minimum absolute atomic E-state index is 0. The van der Waals surface area contributed by atoms with Gasteiger partial charge in [0.05, 0.1) is 13.6 Å². The molecule has 0 radical (unpaired) electrons. The first kappa shape index (κ1) is 24.2. The van der Waals surface area contributed by atoms with Crippen LogP contribution < -0.4 is 4.57 Å². The molecule has 2 nitrogen and oxygen atoms in total.